The lowest BCUT2D eigenvalue weighted by atomic mass is 10.1. The highest BCUT2D eigenvalue weighted by atomic mass is 16.6. The monoisotopic (exact) mass is 305 g/mol. The van der Waals surface area contributed by atoms with Crippen molar-refractivity contribution < 1.29 is 23.7 Å². The van der Waals surface area contributed by atoms with Crippen LogP contribution in [0.1, 0.15) is 34.1 Å². The van der Waals surface area contributed by atoms with Gasteiger partial charge in [0, 0.05) is 26.4 Å². The normalized spacial score (nSPS) is 12.6. The summed E-state index contributed by atoms with van der Waals surface area (Å²) in [6, 6.07) is 0. The molecule has 0 saturated heterocycles. The van der Waals surface area contributed by atoms with E-state index in [2.05, 4.69) is 0 Å². The van der Waals surface area contributed by atoms with E-state index in [1.165, 1.54) is 0 Å². The van der Waals surface area contributed by atoms with Crippen LogP contribution in [0.5, 0.6) is 0 Å². The SMILES string of the molecule is CCOCCOC(=O)C(CC)CN(COCC)COCC. The van der Waals surface area contributed by atoms with E-state index in [1.807, 2.05) is 32.6 Å². The Morgan fingerprint density at radius 3 is 1.95 bits per heavy atom. The highest BCUT2D eigenvalue weighted by Gasteiger charge is 2.21. The van der Waals surface area contributed by atoms with Crippen LogP contribution in [0.2, 0.25) is 0 Å². The predicted molar refractivity (Wildman–Crippen MR) is 80.9 cm³/mol. The third kappa shape index (κ3) is 10.6. The molecule has 0 aromatic carbocycles. The number of rotatable bonds is 14. The maximum atomic E-state index is 12.0. The first kappa shape index (κ1) is 20.3. The highest BCUT2D eigenvalue weighted by Crippen LogP contribution is 2.09. The summed E-state index contributed by atoms with van der Waals surface area (Å²) in [6.45, 7) is 11.9. The third-order valence-electron chi connectivity index (χ3n) is 2.94. The fourth-order valence-electron chi connectivity index (χ4n) is 1.73. The first-order valence-corrected chi connectivity index (χ1v) is 7.81. The molecule has 0 bridgehead atoms. The first-order chi connectivity index (χ1) is 10.2. The maximum Gasteiger partial charge on any atom is 0.310 e. The van der Waals surface area contributed by atoms with Crippen molar-refractivity contribution >= 4 is 5.97 Å². The Labute approximate surface area is 128 Å². The molecule has 0 spiro atoms. The van der Waals surface area contributed by atoms with Crippen molar-refractivity contribution in [1.29, 1.82) is 0 Å². The number of nitrogens with zero attached hydrogens (tertiary/aromatic N) is 1. The number of carbonyl (C=O) groups is 1. The summed E-state index contributed by atoms with van der Waals surface area (Å²) in [4.78, 5) is 14.0. The molecule has 0 aromatic rings. The van der Waals surface area contributed by atoms with Crippen LogP contribution >= 0.6 is 0 Å². The zero-order valence-corrected chi connectivity index (χ0v) is 13.9. The van der Waals surface area contributed by atoms with Gasteiger partial charge in [0.25, 0.3) is 0 Å². The second-order valence-electron chi connectivity index (χ2n) is 4.57. The third-order valence-corrected chi connectivity index (χ3v) is 2.94. The van der Waals surface area contributed by atoms with E-state index in [4.69, 9.17) is 18.9 Å². The number of esters is 1. The van der Waals surface area contributed by atoms with Crippen molar-refractivity contribution in [3.8, 4) is 0 Å². The van der Waals surface area contributed by atoms with E-state index in [1.54, 1.807) is 0 Å². The number of hydrogen-bond acceptors (Lipinski definition) is 6. The number of carbonyl (C=O) groups excluding carboxylic acids is 1. The summed E-state index contributed by atoms with van der Waals surface area (Å²) in [5.41, 5.74) is 0. The summed E-state index contributed by atoms with van der Waals surface area (Å²) < 4.78 is 21.2. The summed E-state index contributed by atoms with van der Waals surface area (Å²) in [5, 5.41) is 0. The van der Waals surface area contributed by atoms with E-state index in [0.29, 0.717) is 53.0 Å². The largest absolute Gasteiger partial charge is 0.463 e. The molecule has 126 valence electrons. The predicted octanol–water partition coefficient (Wildman–Crippen LogP) is 1.88. The molecule has 0 aliphatic rings. The topological polar surface area (TPSA) is 57.2 Å². The van der Waals surface area contributed by atoms with Crippen LogP contribution in [-0.4, -0.2) is 63.9 Å². The van der Waals surface area contributed by atoms with Gasteiger partial charge in [-0.05, 0) is 27.2 Å². The molecular formula is C15H31NO5. The van der Waals surface area contributed by atoms with Crippen molar-refractivity contribution in [2.45, 2.75) is 34.1 Å². The second-order valence-corrected chi connectivity index (χ2v) is 4.57. The van der Waals surface area contributed by atoms with E-state index in [-0.39, 0.29) is 11.9 Å². The van der Waals surface area contributed by atoms with Gasteiger partial charge in [-0.15, -0.1) is 0 Å². The molecule has 0 aromatic heterocycles. The molecule has 21 heavy (non-hydrogen) atoms. The molecule has 6 nitrogen and oxygen atoms in total. The molecule has 0 aliphatic carbocycles. The highest BCUT2D eigenvalue weighted by molar-refractivity contribution is 5.72. The minimum Gasteiger partial charge on any atom is -0.463 e. The molecule has 0 N–H and O–H groups in total. The van der Waals surface area contributed by atoms with Crippen molar-refractivity contribution in [2.24, 2.45) is 5.92 Å². The Morgan fingerprint density at radius 2 is 1.48 bits per heavy atom. The van der Waals surface area contributed by atoms with Gasteiger partial charge in [0.15, 0.2) is 0 Å². The Morgan fingerprint density at radius 1 is 0.905 bits per heavy atom. The Balaban J connectivity index is 4.21. The molecular weight excluding hydrogens is 274 g/mol. The Kier molecular flexibility index (Phi) is 13.8. The van der Waals surface area contributed by atoms with Crippen molar-refractivity contribution in [3.63, 3.8) is 0 Å². The molecule has 0 amide bonds. The van der Waals surface area contributed by atoms with Crippen LogP contribution in [0.25, 0.3) is 0 Å². The van der Waals surface area contributed by atoms with Gasteiger partial charge >= 0.3 is 5.97 Å². The van der Waals surface area contributed by atoms with Gasteiger partial charge in [-0.25, -0.2) is 0 Å². The minimum absolute atomic E-state index is 0.174. The van der Waals surface area contributed by atoms with Crippen molar-refractivity contribution in [1.82, 2.24) is 4.90 Å². The molecule has 0 radical (unpaired) electrons. The lowest BCUT2D eigenvalue weighted by Gasteiger charge is -2.25. The molecule has 0 fully saturated rings. The average Bonchev–Trinajstić information content (AvgIpc) is 2.50. The quantitative estimate of drug-likeness (QED) is 0.277. The van der Waals surface area contributed by atoms with Gasteiger partial charge < -0.3 is 18.9 Å². The van der Waals surface area contributed by atoms with Gasteiger partial charge in [-0.3, -0.25) is 9.69 Å². The van der Waals surface area contributed by atoms with Gasteiger partial charge in [-0.1, -0.05) is 6.92 Å². The van der Waals surface area contributed by atoms with Crippen LogP contribution in [-0.2, 0) is 23.7 Å². The zero-order valence-electron chi connectivity index (χ0n) is 13.9. The van der Waals surface area contributed by atoms with E-state index >= 15 is 0 Å². The average molecular weight is 305 g/mol. The Hall–Kier alpha value is -0.690. The lowest BCUT2D eigenvalue weighted by Crippen LogP contribution is -2.37. The second kappa shape index (κ2) is 14.3. The molecule has 0 saturated carbocycles. The fourth-order valence-corrected chi connectivity index (χ4v) is 1.73. The summed E-state index contributed by atoms with van der Waals surface area (Å²) in [5.74, 6) is -0.359. The van der Waals surface area contributed by atoms with Crippen LogP contribution in [0, 0.1) is 5.92 Å². The van der Waals surface area contributed by atoms with Gasteiger partial charge in [-0.2, -0.15) is 0 Å². The molecule has 6 heteroatoms. The molecule has 0 rings (SSSR count). The molecule has 0 aliphatic heterocycles. The molecule has 1 atom stereocenters. The van der Waals surface area contributed by atoms with Gasteiger partial charge in [0.2, 0.25) is 0 Å². The number of hydrogen-bond donors (Lipinski definition) is 0. The van der Waals surface area contributed by atoms with Gasteiger partial charge in [0.05, 0.1) is 12.5 Å². The smallest absolute Gasteiger partial charge is 0.310 e. The van der Waals surface area contributed by atoms with E-state index < -0.39 is 0 Å². The van der Waals surface area contributed by atoms with Crippen LogP contribution in [0.15, 0.2) is 0 Å². The van der Waals surface area contributed by atoms with E-state index in [9.17, 15) is 4.79 Å². The van der Waals surface area contributed by atoms with Gasteiger partial charge in [0.1, 0.15) is 20.1 Å². The summed E-state index contributed by atoms with van der Waals surface area (Å²) in [7, 11) is 0. The van der Waals surface area contributed by atoms with Crippen LogP contribution in [0.3, 0.4) is 0 Å². The lowest BCUT2D eigenvalue weighted by molar-refractivity contribution is -0.152. The van der Waals surface area contributed by atoms with Crippen LogP contribution < -0.4 is 0 Å². The molecule has 1 unspecified atom stereocenters. The number of ether oxygens (including phenoxy) is 4. The zero-order chi connectivity index (χ0) is 15.9. The Bertz CT molecular complexity index is 242. The standard InChI is InChI=1S/C15H31NO5/c1-5-14(15(17)21-10-9-18-6-2)11-16(12-19-7-3)13-20-8-4/h14H,5-13H2,1-4H3. The maximum absolute atomic E-state index is 12.0. The first-order valence-electron chi connectivity index (χ1n) is 7.81. The van der Waals surface area contributed by atoms with Crippen LogP contribution in [0.4, 0.5) is 0 Å². The summed E-state index contributed by atoms with van der Waals surface area (Å²) in [6.07, 6.45) is 0.724. The minimum atomic E-state index is -0.185. The van der Waals surface area contributed by atoms with Crippen molar-refractivity contribution in [3.05, 3.63) is 0 Å². The summed E-state index contributed by atoms with van der Waals surface area (Å²) >= 11 is 0. The van der Waals surface area contributed by atoms with E-state index in [0.717, 1.165) is 6.42 Å². The van der Waals surface area contributed by atoms with Crippen molar-refractivity contribution in [2.75, 3.05) is 53.0 Å². The molecule has 0 heterocycles. The fraction of sp³-hybridized carbons (Fsp3) is 0.933.